The summed E-state index contributed by atoms with van der Waals surface area (Å²) < 4.78 is 2.10. The summed E-state index contributed by atoms with van der Waals surface area (Å²) in [5, 5.41) is 12.7. The van der Waals surface area contributed by atoms with Crippen molar-refractivity contribution in [2.75, 3.05) is 0 Å². The maximum Gasteiger partial charge on any atom is 0.233 e. The van der Waals surface area contributed by atoms with Crippen LogP contribution in [0, 0.1) is 24.7 Å². The SMILES string of the molecule is CCn1c(SC(C)C(=O)NC(C)C2CC3CCC2C3)nnc1-c1cccc(C)c1. The van der Waals surface area contributed by atoms with Gasteiger partial charge in [0.1, 0.15) is 0 Å². The molecule has 1 heterocycles. The highest BCUT2D eigenvalue weighted by atomic mass is 32.2. The van der Waals surface area contributed by atoms with E-state index in [-0.39, 0.29) is 17.2 Å². The summed E-state index contributed by atoms with van der Waals surface area (Å²) in [5.41, 5.74) is 2.26. The van der Waals surface area contributed by atoms with E-state index >= 15 is 0 Å². The van der Waals surface area contributed by atoms with Crippen LogP contribution in [0.5, 0.6) is 0 Å². The molecule has 6 heteroatoms. The average molecular weight is 413 g/mol. The molecule has 5 unspecified atom stereocenters. The molecule has 0 aliphatic heterocycles. The highest BCUT2D eigenvalue weighted by molar-refractivity contribution is 8.00. The number of benzene rings is 1. The van der Waals surface area contributed by atoms with Gasteiger partial charge in [-0.3, -0.25) is 4.79 Å². The van der Waals surface area contributed by atoms with E-state index < -0.39 is 0 Å². The molecule has 5 nitrogen and oxygen atoms in total. The van der Waals surface area contributed by atoms with Gasteiger partial charge in [0.2, 0.25) is 5.91 Å². The fraction of sp³-hybridized carbons (Fsp3) is 0.609. The minimum atomic E-state index is -0.198. The normalized spacial score (nSPS) is 25.2. The van der Waals surface area contributed by atoms with Crippen molar-refractivity contribution in [1.29, 1.82) is 0 Å². The lowest BCUT2D eigenvalue weighted by atomic mass is 9.84. The van der Waals surface area contributed by atoms with Crippen molar-refractivity contribution >= 4 is 17.7 Å². The quantitative estimate of drug-likeness (QED) is 0.670. The molecule has 2 aliphatic carbocycles. The zero-order valence-electron chi connectivity index (χ0n) is 17.9. The zero-order chi connectivity index (χ0) is 20.5. The van der Waals surface area contributed by atoms with Crippen molar-refractivity contribution in [2.24, 2.45) is 17.8 Å². The number of rotatable bonds is 7. The Hall–Kier alpha value is -1.82. The summed E-state index contributed by atoms with van der Waals surface area (Å²) in [6.45, 7) is 9.10. The van der Waals surface area contributed by atoms with Crippen LogP contribution in [0.2, 0.25) is 0 Å². The Labute approximate surface area is 178 Å². The van der Waals surface area contributed by atoms with Crippen LogP contribution in [0.25, 0.3) is 11.4 Å². The minimum absolute atomic E-state index is 0.105. The van der Waals surface area contributed by atoms with Gasteiger partial charge in [-0.15, -0.1) is 10.2 Å². The highest BCUT2D eigenvalue weighted by Gasteiger charge is 2.42. The molecule has 156 valence electrons. The van der Waals surface area contributed by atoms with Gasteiger partial charge in [0.05, 0.1) is 5.25 Å². The Morgan fingerprint density at radius 3 is 2.76 bits per heavy atom. The standard InChI is InChI=1S/C23H32N4OS/c1-5-27-21(19-8-6-7-14(2)11-19)25-26-23(27)29-16(4)22(28)24-15(3)20-13-17-9-10-18(20)12-17/h6-8,11,15-18,20H,5,9-10,12-13H2,1-4H3,(H,24,28). The molecule has 2 bridgehead atoms. The summed E-state index contributed by atoms with van der Waals surface area (Å²) in [5.74, 6) is 3.34. The summed E-state index contributed by atoms with van der Waals surface area (Å²) in [6, 6.07) is 8.56. The van der Waals surface area contributed by atoms with E-state index in [9.17, 15) is 4.79 Å². The van der Waals surface area contributed by atoms with Crippen LogP contribution in [0.4, 0.5) is 0 Å². The second-order valence-electron chi connectivity index (χ2n) is 8.82. The minimum Gasteiger partial charge on any atom is -0.352 e. The highest BCUT2D eigenvalue weighted by Crippen LogP contribution is 2.49. The van der Waals surface area contributed by atoms with Crippen LogP contribution in [0.3, 0.4) is 0 Å². The first-order valence-corrected chi connectivity index (χ1v) is 11.8. The molecule has 0 saturated heterocycles. The van der Waals surface area contributed by atoms with Crippen LogP contribution in [-0.4, -0.2) is 32.0 Å². The first kappa shape index (κ1) is 20.5. The number of nitrogens with zero attached hydrogens (tertiary/aromatic N) is 3. The molecule has 1 aromatic carbocycles. The van der Waals surface area contributed by atoms with Crippen LogP contribution in [0.15, 0.2) is 29.4 Å². The molecular weight excluding hydrogens is 380 g/mol. The average Bonchev–Trinajstić information content (AvgIpc) is 3.43. The van der Waals surface area contributed by atoms with Crippen molar-refractivity contribution in [1.82, 2.24) is 20.1 Å². The van der Waals surface area contributed by atoms with Gasteiger partial charge in [-0.25, -0.2) is 0 Å². The first-order chi connectivity index (χ1) is 14.0. The van der Waals surface area contributed by atoms with Crippen molar-refractivity contribution in [3.05, 3.63) is 29.8 Å². The predicted octanol–water partition coefficient (Wildman–Crippen LogP) is 4.69. The number of thioether (sulfide) groups is 1. The van der Waals surface area contributed by atoms with Gasteiger partial charge < -0.3 is 9.88 Å². The van der Waals surface area contributed by atoms with Crippen molar-refractivity contribution < 1.29 is 4.79 Å². The Balaban J connectivity index is 1.41. The zero-order valence-corrected chi connectivity index (χ0v) is 18.7. The predicted molar refractivity (Wildman–Crippen MR) is 118 cm³/mol. The van der Waals surface area contributed by atoms with Crippen LogP contribution < -0.4 is 5.32 Å². The molecule has 0 radical (unpaired) electrons. The molecule has 29 heavy (non-hydrogen) atoms. The molecule has 2 aromatic rings. The third kappa shape index (κ3) is 4.23. The number of fused-ring (bicyclic) bond motifs is 2. The monoisotopic (exact) mass is 412 g/mol. The van der Waals surface area contributed by atoms with Crippen LogP contribution in [-0.2, 0) is 11.3 Å². The fourth-order valence-electron chi connectivity index (χ4n) is 5.23. The molecule has 5 atom stereocenters. The first-order valence-electron chi connectivity index (χ1n) is 10.9. The lowest BCUT2D eigenvalue weighted by molar-refractivity contribution is -0.121. The summed E-state index contributed by atoms with van der Waals surface area (Å²) in [7, 11) is 0. The van der Waals surface area contributed by atoms with Crippen molar-refractivity contribution in [3.8, 4) is 11.4 Å². The van der Waals surface area contributed by atoms with E-state index in [1.54, 1.807) is 0 Å². The maximum atomic E-state index is 12.9. The van der Waals surface area contributed by atoms with E-state index in [1.165, 1.54) is 43.0 Å². The lowest BCUT2D eigenvalue weighted by Gasteiger charge is -2.29. The number of amides is 1. The molecule has 1 aromatic heterocycles. The Kier molecular flexibility index (Phi) is 6.00. The fourth-order valence-corrected chi connectivity index (χ4v) is 6.15. The van der Waals surface area contributed by atoms with Crippen LogP contribution in [0.1, 0.15) is 52.0 Å². The van der Waals surface area contributed by atoms with Gasteiger partial charge in [-0.05, 0) is 70.8 Å². The van der Waals surface area contributed by atoms with Gasteiger partial charge in [0.25, 0.3) is 0 Å². The summed E-state index contributed by atoms with van der Waals surface area (Å²) >= 11 is 1.50. The van der Waals surface area contributed by atoms with Gasteiger partial charge >= 0.3 is 0 Å². The number of carbonyl (C=O) groups is 1. The number of hydrogen-bond acceptors (Lipinski definition) is 4. The number of carbonyl (C=O) groups excluding carboxylic acids is 1. The van der Waals surface area contributed by atoms with E-state index in [2.05, 4.69) is 59.1 Å². The topological polar surface area (TPSA) is 59.8 Å². The summed E-state index contributed by atoms with van der Waals surface area (Å²) in [4.78, 5) is 12.9. The van der Waals surface area contributed by atoms with Gasteiger partial charge in [-0.2, -0.15) is 0 Å². The van der Waals surface area contributed by atoms with E-state index in [0.717, 1.165) is 34.9 Å². The second kappa shape index (κ2) is 8.50. The largest absolute Gasteiger partial charge is 0.352 e. The van der Waals surface area contributed by atoms with E-state index in [1.807, 2.05) is 13.0 Å². The molecule has 2 saturated carbocycles. The third-order valence-electron chi connectivity index (χ3n) is 6.77. The molecule has 1 amide bonds. The smallest absolute Gasteiger partial charge is 0.233 e. The van der Waals surface area contributed by atoms with Gasteiger partial charge in [-0.1, -0.05) is 41.9 Å². The van der Waals surface area contributed by atoms with E-state index in [4.69, 9.17) is 0 Å². The maximum absolute atomic E-state index is 12.9. The molecule has 1 N–H and O–H groups in total. The number of hydrogen-bond donors (Lipinski definition) is 1. The van der Waals surface area contributed by atoms with E-state index in [0.29, 0.717) is 5.92 Å². The number of nitrogens with one attached hydrogen (secondary N) is 1. The lowest BCUT2D eigenvalue weighted by Crippen LogP contribution is -2.43. The number of aromatic nitrogens is 3. The third-order valence-corrected chi connectivity index (χ3v) is 7.85. The summed E-state index contributed by atoms with van der Waals surface area (Å²) in [6.07, 6.45) is 5.40. The Bertz CT molecular complexity index is 880. The van der Waals surface area contributed by atoms with Gasteiger partial charge in [0, 0.05) is 18.2 Å². The molecular formula is C23H32N4OS. The Morgan fingerprint density at radius 2 is 2.10 bits per heavy atom. The van der Waals surface area contributed by atoms with Crippen molar-refractivity contribution in [3.63, 3.8) is 0 Å². The number of aryl methyl sites for hydroxylation is 1. The molecule has 4 rings (SSSR count). The van der Waals surface area contributed by atoms with Crippen LogP contribution >= 0.6 is 11.8 Å². The van der Waals surface area contributed by atoms with Gasteiger partial charge in [0.15, 0.2) is 11.0 Å². The molecule has 2 fully saturated rings. The second-order valence-corrected chi connectivity index (χ2v) is 10.1. The van der Waals surface area contributed by atoms with Crippen molar-refractivity contribution in [2.45, 2.75) is 76.4 Å². The molecule has 0 spiro atoms. The molecule has 2 aliphatic rings. The Morgan fingerprint density at radius 1 is 1.28 bits per heavy atom.